The number of esters is 1. The molecule has 1 heterocycles. The summed E-state index contributed by atoms with van der Waals surface area (Å²) in [6.45, 7) is 1.20. The lowest BCUT2D eigenvalue weighted by molar-refractivity contribution is -0.143. The lowest BCUT2D eigenvalue weighted by atomic mass is 10.0. The van der Waals surface area contributed by atoms with E-state index in [0.29, 0.717) is 17.3 Å². The number of carbonyl (C=O) groups excluding carboxylic acids is 4. The summed E-state index contributed by atoms with van der Waals surface area (Å²) < 4.78 is 33.7. The van der Waals surface area contributed by atoms with Crippen LogP contribution < -0.4 is 31.2 Å². The van der Waals surface area contributed by atoms with E-state index in [1.54, 1.807) is 6.92 Å². The van der Waals surface area contributed by atoms with Crippen molar-refractivity contribution in [3.63, 3.8) is 0 Å². The maximum Gasteiger partial charge on any atom is 0.325 e. The minimum atomic E-state index is -1.49. The van der Waals surface area contributed by atoms with Crippen LogP contribution in [0.1, 0.15) is 38.7 Å². The van der Waals surface area contributed by atoms with Crippen molar-refractivity contribution in [3.05, 3.63) is 64.4 Å². The molecule has 0 radical (unpaired) electrons. The zero-order valence-corrected chi connectivity index (χ0v) is 22.0. The second kappa shape index (κ2) is 12.7. The van der Waals surface area contributed by atoms with Gasteiger partial charge in [0.05, 0.1) is 26.5 Å². The number of hydrogen-bond acceptors (Lipinski definition) is 10. The van der Waals surface area contributed by atoms with Crippen molar-refractivity contribution in [2.45, 2.75) is 13.0 Å². The van der Waals surface area contributed by atoms with Gasteiger partial charge in [0.15, 0.2) is 17.2 Å². The number of primary amides is 1. The van der Waals surface area contributed by atoms with Gasteiger partial charge in [-0.1, -0.05) is 12.1 Å². The number of nitrogens with two attached hydrogens (primary N) is 2. The Morgan fingerprint density at radius 3 is 2.41 bits per heavy atom. The summed E-state index contributed by atoms with van der Waals surface area (Å²) in [6, 6.07) is 7.92. The van der Waals surface area contributed by atoms with Gasteiger partial charge in [0.25, 0.3) is 11.8 Å². The first-order valence-electron chi connectivity index (χ1n) is 11.4. The third-order valence-electron chi connectivity index (χ3n) is 5.40. The van der Waals surface area contributed by atoms with Crippen molar-refractivity contribution in [3.8, 4) is 11.5 Å². The Kier molecular flexibility index (Phi) is 9.38. The van der Waals surface area contributed by atoms with Crippen molar-refractivity contribution < 1.29 is 37.8 Å². The van der Waals surface area contributed by atoms with Crippen LogP contribution in [0.3, 0.4) is 0 Å². The third kappa shape index (κ3) is 6.41. The molecule has 0 aliphatic carbocycles. The first-order valence-corrected chi connectivity index (χ1v) is 12.2. The predicted octanol–water partition coefficient (Wildman–Crippen LogP) is 2.05. The summed E-state index contributed by atoms with van der Waals surface area (Å²) in [4.78, 5) is 52.1. The summed E-state index contributed by atoms with van der Waals surface area (Å²) in [5.41, 5.74) is 10.9. The Hall–Kier alpha value is -4.72. The minimum Gasteiger partial charge on any atom is -0.493 e. The van der Waals surface area contributed by atoms with E-state index in [1.807, 2.05) is 0 Å². The standard InChI is InChI=1S/C25H26FN5O7S/c1-4-38-18(32)12-29-24(34)21(13-8-9-16(36-2)17(10-13)37-3)31(15-7-5-6-14(26)11-15)25(35)22-19(27)20(23(28)33)30-39-22/h5-11,21H,4,12,27H2,1-3H3,(H2,28,33)(H,29,34). The molecule has 0 saturated carbocycles. The van der Waals surface area contributed by atoms with Crippen LogP contribution in [0.4, 0.5) is 15.8 Å². The van der Waals surface area contributed by atoms with Gasteiger partial charge in [-0.15, -0.1) is 0 Å². The number of nitrogens with one attached hydrogen (secondary N) is 1. The normalized spacial score (nSPS) is 11.3. The number of nitrogen functional groups attached to an aromatic ring is 1. The minimum absolute atomic E-state index is 0.0282. The van der Waals surface area contributed by atoms with Crippen LogP contribution in [0.25, 0.3) is 0 Å². The molecule has 0 spiro atoms. The first-order chi connectivity index (χ1) is 18.6. The molecule has 0 aliphatic heterocycles. The second-order valence-electron chi connectivity index (χ2n) is 7.83. The quantitative estimate of drug-likeness (QED) is 0.297. The fourth-order valence-corrected chi connectivity index (χ4v) is 4.40. The van der Waals surface area contributed by atoms with E-state index < -0.39 is 42.1 Å². The number of hydrogen-bond donors (Lipinski definition) is 3. The Morgan fingerprint density at radius 1 is 1.10 bits per heavy atom. The molecule has 0 fully saturated rings. The van der Waals surface area contributed by atoms with Crippen molar-refractivity contribution in [1.82, 2.24) is 9.69 Å². The smallest absolute Gasteiger partial charge is 0.325 e. The van der Waals surface area contributed by atoms with Crippen LogP contribution in [0, 0.1) is 5.82 Å². The van der Waals surface area contributed by atoms with Crippen LogP contribution in [-0.2, 0) is 14.3 Å². The molecule has 1 aromatic heterocycles. The van der Waals surface area contributed by atoms with Gasteiger partial charge in [-0.3, -0.25) is 24.1 Å². The van der Waals surface area contributed by atoms with E-state index >= 15 is 0 Å². The van der Waals surface area contributed by atoms with E-state index in [0.717, 1.165) is 17.0 Å². The highest BCUT2D eigenvalue weighted by atomic mass is 32.1. The van der Waals surface area contributed by atoms with Crippen molar-refractivity contribution >= 4 is 46.6 Å². The molecule has 0 saturated heterocycles. The average molecular weight is 560 g/mol. The molecular weight excluding hydrogens is 533 g/mol. The number of benzene rings is 2. The molecule has 3 amide bonds. The zero-order chi connectivity index (χ0) is 28.7. The van der Waals surface area contributed by atoms with E-state index in [2.05, 4.69) is 9.69 Å². The summed E-state index contributed by atoms with van der Waals surface area (Å²) in [5, 5.41) is 2.45. The number of anilines is 2. The van der Waals surface area contributed by atoms with Crippen molar-refractivity contribution in [1.29, 1.82) is 0 Å². The van der Waals surface area contributed by atoms with Crippen molar-refractivity contribution in [2.75, 3.05) is 38.0 Å². The van der Waals surface area contributed by atoms with E-state index in [9.17, 15) is 23.6 Å². The van der Waals surface area contributed by atoms with Crippen molar-refractivity contribution in [2.24, 2.45) is 5.73 Å². The summed E-state index contributed by atoms with van der Waals surface area (Å²) >= 11 is 0.591. The molecule has 0 bridgehead atoms. The number of rotatable bonds is 11. The molecule has 3 rings (SSSR count). The summed E-state index contributed by atoms with van der Waals surface area (Å²) in [7, 11) is 2.81. The molecule has 206 valence electrons. The number of ether oxygens (including phenoxy) is 3. The molecule has 5 N–H and O–H groups in total. The summed E-state index contributed by atoms with van der Waals surface area (Å²) in [6.07, 6.45) is 0. The molecule has 0 aliphatic rings. The molecular formula is C25H26FN5O7S. The molecule has 1 unspecified atom stereocenters. The van der Waals surface area contributed by atoms with Gasteiger partial charge in [-0.2, -0.15) is 4.37 Å². The Balaban J connectivity index is 2.22. The summed E-state index contributed by atoms with van der Waals surface area (Å²) in [5.74, 6) is -3.48. The second-order valence-corrected chi connectivity index (χ2v) is 8.61. The number of amides is 3. The van der Waals surface area contributed by atoms with E-state index in [1.165, 1.54) is 44.6 Å². The average Bonchev–Trinajstić information content (AvgIpc) is 3.31. The highest BCUT2D eigenvalue weighted by Gasteiger charge is 2.37. The number of methoxy groups -OCH3 is 2. The number of halogens is 1. The molecule has 12 nitrogen and oxygen atoms in total. The van der Waals surface area contributed by atoms with Gasteiger partial charge in [-0.25, -0.2) is 4.39 Å². The number of nitrogens with zero attached hydrogens (tertiary/aromatic N) is 2. The molecule has 1 atom stereocenters. The highest BCUT2D eigenvalue weighted by Crippen LogP contribution is 2.36. The highest BCUT2D eigenvalue weighted by molar-refractivity contribution is 7.09. The fourth-order valence-electron chi connectivity index (χ4n) is 3.66. The van der Waals surface area contributed by atoms with Crippen LogP contribution in [0.15, 0.2) is 42.5 Å². The molecule has 2 aromatic carbocycles. The van der Waals surface area contributed by atoms with E-state index in [4.69, 9.17) is 25.7 Å². The topological polar surface area (TPSA) is 176 Å². The number of carbonyl (C=O) groups is 4. The zero-order valence-electron chi connectivity index (χ0n) is 21.2. The molecule has 14 heteroatoms. The van der Waals surface area contributed by atoms with Crippen LogP contribution >= 0.6 is 11.5 Å². The predicted molar refractivity (Wildman–Crippen MR) is 140 cm³/mol. The largest absolute Gasteiger partial charge is 0.493 e. The Labute approximate surface area is 226 Å². The SMILES string of the molecule is CCOC(=O)CNC(=O)C(c1ccc(OC)c(OC)c1)N(C(=O)c1snc(C(N)=O)c1N)c1cccc(F)c1. The third-order valence-corrected chi connectivity index (χ3v) is 6.25. The van der Waals surface area contributed by atoms with Gasteiger partial charge >= 0.3 is 5.97 Å². The monoisotopic (exact) mass is 559 g/mol. The van der Waals surface area contributed by atoms with Crippen LogP contribution in [-0.4, -0.2) is 55.4 Å². The van der Waals surface area contributed by atoms with Gasteiger partial charge in [0, 0.05) is 5.69 Å². The van der Waals surface area contributed by atoms with Crippen LogP contribution in [0.5, 0.6) is 11.5 Å². The van der Waals surface area contributed by atoms with Gasteiger partial charge in [-0.05, 0) is 54.4 Å². The lowest BCUT2D eigenvalue weighted by Gasteiger charge is -2.31. The fraction of sp³-hybridized carbons (Fsp3) is 0.240. The van der Waals surface area contributed by atoms with Crippen LogP contribution in [0.2, 0.25) is 0 Å². The maximum atomic E-state index is 14.4. The molecule has 39 heavy (non-hydrogen) atoms. The molecule has 3 aromatic rings. The Bertz CT molecular complexity index is 1400. The maximum absolute atomic E-state index is 14.4. The van der Waals surface area contributed by atoms with Gasteiger partial charge in [0.1, 0.15) is 23.3 Å². The number of aromatic nitrogens is 1. The van der Waals surface area contributed by atoms with Gasteiger partial charge < -0.3 is 31.0 Å². The van der Waals surface area contributed by atoms with E-state index in [-0.39, 0.29) is 39.9 Å². The lowest BCUT2D eigenvalue weighted by Crippen LogP contribution is -2.45. The van der Waals surface area contributed by atoms with Gasteiger partial charge in [0.2, 0.25) is 5.91 Å². The Morgan fingerprint density at radius 2 is 1.82 bits per heavy atom. The first kappa shape index (κ1) is 28.8.